The van der Waals surface area contributed by atoms with Gasteiger partial charge >= 0.3 is 12.1 Å². The summed E-state index contributed by atoms with van der Waals surface area (Å²) in [6, 6.07) is 4.70. The molecule has 0 aliphatic heterocycles. The second-order valence-electron chi connectivity index (χ2n) is 3.06. The summed E-state index contributed by atoms with van der Waals surface area (Å²) in [5, 5.41) is 9.54. The van der Waals surface area contributed by atoms with E-state index in [1.165, 1.54) is 6.07 Å². The molecule has 3 N–H and O–H groups in total. The molecule has 1 aromatic heterocycles. The Labute approximate surface area is 94.7 Å². The van der Waals surface area contributed by atoms with Gasteiger partial charge in [0.05, 0.1) is 6.54 Å². The van der Waals surface area contributed by atoms with Crippen LogP contribution in [0, 0.1) is 0 Å². The second-order valence-corrected chi connectivity index (χ2v) is 3.06. The molecule has 0 saturated carbocycles. The number of fused-ring (bicyclic) bond motifs is 1. The Morgan fingerprint density at radius 3 is 2.88 bits per heavy atom. The number of carbonyl (C=O) groups excluding carboxylic acids is 2. The maximum absolute atomic E-state index is 11.2. The fraction of sp³-hybridized carbons (Fsp3) is 0.111. The van der Waals surface area contributed by atoms with Crippen LogP contribution in [0.3, 0.4) is 0 Å². The normalized spacial score (nSPS) is 10.2. The predicted octanol–water partition coefficient (Wildman–Crippen LogP) is 0.257. The van der Waals surface area contributed by atoms with Crippen LogP contribution in [0.2, 0.25) is 0 Å². The lowest BCUT2D eigenvalue weighted by Gasteiger charge is -2.03. The van der Waals surface area contributed by atoms with Crippen LogP contribution in [0.15, 0.2) is 22.8 Å². The highest BCUT2D eigenvalue weighted by Crippen LogP contribution is 2.15. The molecular formula is C9H8N4O4. The average Bonchev–Trinajstić information content (AvgIpc) is 2.75. The number of hydrogen-bond acceptors (Lipinski definition) is 7. The van der Waals surface area contributed by atoms with Gasteiger partial charge in [0, 0.05) is 5.69 Å². The van der Waals surface area contributed by atoms with Crippen molar-refractivity contribution in [2.45, 2.75) is 0 Å². The van der Waals surface area contributed by atoms with Crippen molar-refractivity contribution in [3.63, 3.8) is 0 Å². The number of hydrogen-bond donors (Lipinski definition) is 2. The number of anilines is 1. The van der Waals surface area contributed by atoms with Gasteiger partial charge in [0.15, 0.2) is 0 Å². The number of esters is 1. The van der Waals surface area contributed by atoms with E-state index in [0.29, 0.717) is 16.7 Å². The summed E-state index contributed by atoms with van der Waals surface area (Å²) >= 11 is 0. The predicted molar refractivity (Wildman–Crippen MR) is 56.0 cm³/mol. The molecule has 88 valence electrons. The van der Waals surface area contributed by atoms with Gasteiger partial charge in [-0.1, -0.05) is 0 Å². The van der Waals surface area contributed by atoms with Gasteiger partial charge < -0.3 is 10.5 Å². The number of ether oxygens (including phenoxy) is 1. The quantitative estimate of drug-likeness (QED) is 0.566. The van der Waals surface area contributed by atoms with Crippen molar-refractivity contribution >= 4 is 28.8 Å². The highest BCUT2D eigenvalue weighted by atomic mass is 16.6. The van der Waals surface area contributed by atoms with Gasteiger partial charge in [-0.25, -0.2) is 9.42 Å². The van der Waals surface area contributed by atoms with Gasteiger partial charge in [0.1, 0.15) is 11.0 Å². The van der Waals surface area contributed by atoms with Gasteiger partial charge in [0.25, 0.3) is 0 Å². The number of aromatic nitrogens is 2. The van der Waals surface area contributed by atoms with Crippen molar-refractivity contribution in [1.29, 1.82) is 0 Å². The second kappa shape index (κ2) is 4.58. The Morgan fingerprint density at radius 1 is 1.35 bits per heavy atom. The molecule has 0 saturated heterocycles. The molecule has 17 heavy (non-hydrogen) atoms. The average molecular weight is 236 g/mol. The van der Waals surface area contributed by atoms with E-state index in [2.05, 4.69) is 25.0 Å². The minimum atomic E-state index is -0.906. The smallest absolute Gasteiger partial charge is 0.375 e. The SMILES string of the molecule is NCC(=O)OC(=O)Nc1ccc2nonc2c1. The molecular weight excluding hydrogens is 228 g/mol. The third-order valence-corrected chi connectivity index (χ3v) is 1.87. The standard InChI is InChI=1S/C9H8N4O4/c10-4-8(14)16-9(15)11-5-1-2-6-7(3-5)13-17-12-6/h1-3H,4,10H2,(H,11,15). The van der Waals surface area contributed by atoms with Gasteiger partial charge in [-0.2, -0.15) is 0 Å². The number of rotatable bonds is 2. The lowest BCUT2D eigenvalue weighted by Crippen LogP contribution is -2.23. The Hall–Kier alpha value is -2.48. The van der Waals surface area contributed by atoms with Crippen molar-refractivity contribution in [1.82, 2.24) is 10.3 Å². The summed E-state index contributed by atoms with van der Waals surface area (Å²) in [5.74, 6) is -0.813. The number of nitrogens with one attached hydrogen (secondary N) is 1. The van der Waals surface area contributed by atoms with Crippen LogP contribution < -0.4 is 11.1 Å². The Kier molecular flexibility index (Phi) is 2.97. The third kappa shape index (κ3) is 2.55. The summed E-state index contributed by atoms with van der Waals surface area (Å²) in [6.45, 7) is -0.361. The molecule has 1 amide bonds. The zero-order chi connectivity index (χ0) is 12.3. The van der Waals surface area contributed by atoms with Crippen LogP contribution in [0.25, 0.3) is 11.0 Å². The van der Waals surface area contributed by atoms with Crippen LogP contribution >= 0.6 is 0 Å². The summed E-state index contributed by atoms with van der Waals surface area (Å²) < 4.78 is 8.82. The van der Waals surface area contributed by atoms with E-state index in [-0.39, 0.29) is 6.54 Å². The summed E-state index contributed by atoms with van der Waals surface area (Å²) in [6.07, 6.45) is -0.906. The topological polar surface area (TPSA) is 120 Å². The minimum Gasteiger partial charge on any atom is -0.375 e. The van der Waals surface area contributed by atoms with E-state index in [9.17, 15) is 9.59 Å². The van der Waals surface area contributed by atoms with Crippen molar-refractivity contribution < 1.29 is 19.0 Å². The molecule has 0 unspecified atom stereocenters. The lowest BCUT2D eigenvalue weighted by molar-refractivity contribution is -0.135. The third-order valence-electron chi connectivity index (χ3n) is 1.87. The summed E-state index contributed by atoms with van der Waals surface area (Å²) in [5.41, 5.74) is 6.43. The molecule has 1 heterocycles. The van der Waals surface area contributed by atoms with Gasteiger partial charge in [-0.3, -0.25) is 10.1 Å². The number of carbonyl (C=O) groups is 2. The summed E-state index contributed by atoms with van der Waals surface area (Å²) in [7, 11) is 0. The Bertz CT molecular complexity index is 565. The zero-order valence-corrected chi connectivity index (χ0v) is 8.54. The van der Waals surface area contributed by atoms with Gasteiger partial charge in [-0.05, 0) is 28.5 Å². The van der Waals surface area contributed by atoms with Crippen LogP contribution in [-0.2, 0) is 9.53 Å². The number of benzene rings is 1. The molecule has 2 rings (SSSR count). The first-order valence-corrected chi connectivity index (χ1v) is 4.63. The molecule has 8 nitrogen and oxygen atoms in total. The van der Waals surface area contributed by atoms with Crippen molar-refractivity contribution in [2.24, 2.45) is 5.73 Å². The molecule has 8 heteroatoms. The zero-order valence-electron chi connectivity index (χ0n) is 8.54. The minimum absolute atomic E-state index is 0.361. The van der Waals surface area contributed by atoms with Crippen molar-refractivity contribution in [2.75, 3.05) is 11.9 Å². The summed E-state index contributed by atoms with van der Waals surface area (Å²) in [4.78, 5) is 21.9. The molecule has 2 aromatic rings. The van der Waals surface area contributed by atoms with Crippen LogP contribution in [0.1, 0.15) is 0 Å². The van der Waals surface area contributed by atoms with Crippen LogP contribution in [-0.4, -0.2) is 28.9 Å². The number of nitrogens with zero attached hydrogens (tertiary/aromatic N) is 2. The molecule has 0 radical (unpaired) electrons. The van der Waals surface area contributed by atoms with E-state index in [1.54, 1.807) is 12.1 Å². The fourth-order valence-corrected chi connectivity index (χ4v) is 1.15. The molecule has 0 aliphatic carbocycles. The molecule has 0 atom stereocenters. The molecule has 0 aliphatic rings. The van der Waals surface area contributed by atoms with E-state index in [4.69, 9.17) is 5.73 Å². The first-order chi connectivity index (χ1) is 8.19. The fourth-order valence-electron chi connectivity index (χ4n) is 1.15. The van der Waals surface area contributed by atoms with E-state index >= 15 is 0 Å². The Morgan fingerprint density at radius 2 is 2.12 bits per heavy atom. The van der Waals surface area contributed by atoms with E-state index in [1.807, 2.05) is 0 Å². The highest BCUT2D eigenvalue weighted by molar-refractivity contribution is 5.94. The van der Waals surface area contributed by atoms with Crippen molar-refractivity contribution in [3.05, 3.63) is 18.2 Å². The highest BCUT2D eigenvalue weighted by Gasteiger charge is 2.09. The molecule has 1 aromatic carbocycles. The Balaban J connectivity index is 2.07. The van der Waals surface area contributed by atoms with E-state index in [0.717, 1.165) is 0 Å². The number of amides is 1. The van der Waals surface area contributed by atoms with Crippen LogP contribution in [0.5, 0.6) is 0 Å². The first-order valence-electron chi connectivity index (χ1n) is 4.63. The lowest BCUT2D eigenvalue weighted by atomic mass is 10.3. The maximum atomic E-state index is 11.2. The molecule has 0 spiro atoms. The van der Waals surface area contributed by atoms with Gasteiger partial charge in [-0.15, -0.1) is 0 Å². The first kappa shape index (κ1) is 11.0. The monoisotopic (exact) mass is 236 g/mol. The maximum Gasteiger partial charge on any atom is 0.419 e. The van der Waals surface area contributed by atoms with Crippen LogP contribution in [0.4, 0.5) is 10.5 Å². The largest absolute Gasteiger partial charge is 0.419 e. The van der Waals surface area contributed by atoms with E-state index < -0.39 is 12.1 Å². The molecule has 0 bridgehead atoms. The number of nitrogens with two attached hydrogens (primary N) is 1. The van der Waals surface area contributed by atoms with Gasteiger partial charge in [0.2, 0.25) is 0 Å². The van der Waals surface area contributed by atoms with Crippen molar-refractivity contribution in [3.8, 4) is 0 Å². The molecule has 0 fully saturated rings.